The highest BCUT2D eigenvalue weighted by atomic mass is 16.4. The summed E-state index contributed by atoms with van der Waals surface area (Å²) < 4.78 is 0. The summed E-state index contributed by atoms with van der Waals surface area (Å²) >= 11 is 0. The molecule has 122 valence electrons. The molecule has 0 bridgehead atoms. The SMILES string of the molecule is CC(CNC(=O)N1CCCC(CCC(=O)O)C1)C(C)(C)C. The van der Waals surface area contributed by atoms with Crippen LogP contribution >= 0.6 is 0 Å². The van der Waals surface area contributed by atoms with Crippen LogP contribution in [0.25, 0.3) is 0 Å². The quantitative estimate of drug-likeness (QED) is 0.820. The van der Waals surface area contributed by atoms with E-state index < -0.39 is 5.97 Å². The first-order valence-corrected chi connectivity index (χ1v) is 7.94. The molecule has 2 atom stereocenters. The Bertz CT molecular complexity index is 363. The van der Waals surface area contributed by atoms with Crippen LogP contribution in [0.4, 0.5) is 4.79 Å². The Hall–Kier alpha value is -1.26. The van der Waals surface area contributed by atoms with Crippen LogP contribution in [0.5, 0.6) is 0 Å². The number of hydrogen-bond acceptors (Lipinski definition) is 2. The standard InChI is InChI=1S/C16H30N2O3/c1-12(16(2,3)4)10-17-15(21)18-9-5-6-13(11-18)7-8-14(19)20/h12-13H,5-11H2,1-4H3,(H,17,21)(H,19,20). The summed E-state index contributed by atoms with van der Waals surface area (Å²) in [5.74, 6) is -0.0229. The minimum Gasteiger partial charge on any atom is -0.481 e. The van der Waals surface area contributed by atoms with Gasteiger partial charge in [-0.3, -0.25) is 4.79 Å². The van der Waals surface area contributed by atoms with E-state index in [4.69, 9.17) is 5.11 Å². The third-order valence-corrected chi connectivity index (χ3v) is 4.61. The number of hydrogen-bond donors (Lipinski definition) is 2. The van der Waals surface area contributed by atoms with Crippen LogP contribution in [0.1, 0.15) is 53.4 Å². The Labute approximate surface area is 128 Å². The summed E-state index contributed by atoms with van der Waals surface area (Å²) in [6.07, 6.45) is 2.85. The maximum atomic E-state index is 12.2. The second kappa shape index (κ2) is 7.66. The Kier molecular flexibility index (Phi) is 6.49. The molecule has 21 heavy (non-hydrogen) atoms. The number of rotatable bonds is 5. The van der Waals surface area contributed by atoms with Gasteiger partial charge in [0.25, 0.3) is 0 Å². The molecule has 1 heterocycles. The third-order valence-electron chi connectivity index (χ3n) is 4.61. The number of nitrogens with one attached hydrogen (secondary N) is 1. The van der Waals surface area contributed by atoms with Gasteiger partial charge in [0, 0.05) is 26.1 Å². The number of amides is 2. The van der Waals surface area contributed by atoms with Gasteiger partial charge in [-0.25, -0.2) is 4.79 Å². The number of aliphatic carboxylic acids is 1. The second-order valence-corrected chi connectivity index (χ2v) is 7.34. The molecule has 1 aliphatic heterocycles. The highest BCUT2D eigenvalue weighted by Crippen LogP contribution is 2.25. The molecule has 0 aromatic carbocycles. The van der Waals surface area contributed by atoms with E-state index in [-0.39, 0.29) is 17.9 Å². The number of piperidine rings is 1. The summed E-state index contributed by atoms with van der Waals surface area (Å²) in [6, 6.07) is -0.00822. The van der Waals surface area contributed by atoms with E-state index in [1.807, 2.05) is 4.90 Å². The molecule has 0 radical (unpaired) electrons. The average molecular weight is 298 g/mol. The first-order valence-electron chi connectivity index (χ1n) is 7.94. The highest BCUT2D eigenvalue weighted by molar-refractivity contribution is 5.74. The molecule has 1 fully saturated rings. The second-order valence-electron chi connectivity index (χ2n) is 7.34. The van der Waals surface area contributed by atoms with Crippen molar-refractivity contribution in [1.82, 2.24) is 10.2 Å². The molecular weight excluding hydrogens is 268 g/mol. The third kappa shape index (κ3) is 6.36. The molecule has 0 saturated carbocycles. The molecule has 5 heteroatoms. The van der Waals surface area contributed by atoms with Crippen LogP contribution in [0, 0.1) is 17.3 Å². The predicted octanol–water partition coefficient (Wildman–Crippen LogP) is 2.96. The molecule has 1 saturated heterocycles. The van der Waals surface area contributed by atoms with Crippen molar-refractivity contribution in [2.75, 3.05) is 19.6 Å². The lowest BCUT2D eigenvalue weighted by atomic mass is 9.82. The van der Waals surface area contributed by atoms with E-state index in [1.165, 1.54) is 0 Å². The fraction of sp³-hybridized carbons (Fsp3) is 0.875. The maximum Gasteiger partial charge on any atom is 0.317 e. The number of urea groups is 1. The minimum absolute atomic E-state index is 0.00822. The fourth-order valence-electron chi connectivity index (χ4n) is 2.47. The lowest BCUT2D eigenvalue weighted by Gasteiger charge is -2.34. The van der Waals surface area contributed by atoms with Crippen LogP contribution in [-0.4, -0.2) is 41.6 Å². The van der Waals surface area contributed by atoms with E-state index in [2.05, 4.69) is 33.0 Å². The molecule has 2 N–H and O–H groups in total. The van der Waals surface area contributed by atoms with Gasteiger partial charge < -0.3 is 15.3 Å². The number of carboxylic acid groups (broad SMARTS) is 1. The van der Waals surface area contributed by atoms with Gasteiger partial charge in [0.1, 0.15) is 0 Å². The largest absolute Gasteiger partial charge is 0.481 e. The zero-order chi connectivity index (χ0) is 16.0. The van der Waals surface area contributed by atoms with Crippen LogP contribution < -0.4 is 5.32 Å². The zero-order valence-electron chi connectivity index (χ0n) is 13.8. The van der Waals surface area contributed by atoms with Crippen molar-refractivity contribution in [3.63, 3.8) is 0 Å². The molecule has 0 aromatic heterocycles. The van der Waals surface area contributed by atoms with Crippen LogP contribution in [0.2, 0.25) is 0 Å². The van der Waals surface area contributed by atoms with Crippen molar-refractivity contribution in [1.29, 1.82) is 0 Å². The number of carboxylic acids is 1. The monoisotopic (exact) mass is 298 g/mol. The molecule has 5 nitrogen and oxygen atoms in total. The van der Waals surface area contributed by atoms with Gasteiger partial charge in [0.15, 0.2) is 0 Å². The van der Waals surface area contributed by atoms with Gasteiger partial charge in [0.2, 0.25) is 0 Å². The molecule has 0 aromatic rings. The Morgan fingerprint density at radius 3 is 2.62 bits per heavy atom. The normalized spacial score (nSPS) is 21.0. The summed E-state index contributed by atoms with van der Waals surface area (Å²) in [4.78, 5) is 24.7. The molecule has 1 rings (SSSR count). The minimum atomic E-state index is -0.754. The highest BCUT2D eigenvalue weighted by Gasteiger charge is 2.25. The lowest BCUT2D eigenvalue weighted by Crippen LogP contribution is -2.47. The first kappa shape index (κ1) is 17.8. The molecule has 0 spiro atoms. The van der Waals surface area contributed by atoms with E-state index >= 15 is 0 Å². The van der Waals surface area contributed by atoms with Crippen LogP contribution in [-0.2, 0) is 4.79 Å². The van der Waals surface area contributed by atoms with Gasteiger partial charge in [-0.2, -0.15) is 0 Å². The number of likely N-dealkylation sites (tertiary alicyclic amines) is 1. The molecule has 2 unspecified atom stereocenters. The van der Waals surface area contributed by atoms with E-state index in [1.54, 1.807) is 0 Å². The summed E-state index contributed by atoms with van der Waals surface area (Å²) in [6.45, 7) is 10.8. The lowest BCUT2D eigenvalue weighted by molar-refractivity contribution is -0.137. The average Bonchev–Trinajstić information content (AvgIpc) is 2.41. The Morgan fingerprint density at radius 2 is 2.05 bits per heavy atom. The van der Waals surface area contributed by atoms with Gasteiger partial charge in [-0.15, -0.1) is 0 Å². The maximum absolute atomic E-state index is 12.2. The van der Waals surface area contributed by atoms with Crippen molar-refractivity contribution in [2.24, 2.45) is 17.3 Å². The van der Waals surface area contributed by atoms with Gasteiger partial charge in [0.05, 0.1) is 0 Å². The zero-order valence-corrected chi connectivity index (χ0v) is 13.8. The molecule has 2 amide bonds. The smallest absolute Gasteiger partial charge is 0.317 e. The van der Waals surface area contributed by atoms with E-state index in [0.29, 0.717) is 31.3 Å². The Balaban J connectivity index is 2.38. The number of carbonyl (C=O) groups excluding carboxylic acids is 1. The Morgan fingerprint density at radius 1 is 1.38 bits per heavy atom. The predicted molar refractivity (Wildman–Crippen MR) is 83.2 cm³/mol. The number of carbonyl (C=O) groups is 2. The molecular formula is C16H30N2O3. The fourth-order valence-corrected chi connectivity index (χ4v) is 2.47. The van der Waals surface area contributed by atoms with Crippen LogP contribution in [0.15, 0.2) is 0 Å². The van der Waals surface area contributed by atoms with Gasteiger partial charge in [-0.05, 0) is 36.5 Å². The first-order chi connectivity index (χ1) is 9.70. The number of nitrogens with zero attached hydrogens (tertiary/aromatic N) is 1. The van der Waals surface area contributed by atoms with Crippen molar-refractivity contribution in [3.05, 3.63) is 0 Å². The topological polar surface area (TPSA) is 69.6 Å². The molecule has 1 aliphatic rings. The van der Waals surface area contributed by atoms with Crippen molar-refractivity contribution >= 4 is 12.0 Å². The van der Waals surface area contributed by atoms with Crippen molar-refractivity contribution < 1.29 is 14.7 Å². The summed E-state index contributed by atoms with van der Waals surface area (Å²) in [5.41, 5.74) is 0.180. The summed E-state index contributed by atoms with van der Waals surface area (Å²) in [7, 11) is 0. The molecule has 0 aliphatic carbocycles. The van der Waals surface area contributed by atoms with Crippen molar-refractivity contribution in [3.8, 4) is 0 Å². The van der Waals surface area contributed by atoms with Gasteiger partial charge >= 0.3 is 12.0 Å². The van der Waals surface area contributed by atoms with Gasteiger partial charge in [-0.1, -0.05) is 27.7 Å². The summed E-state index contributed by atoms with van der Waals surface area (Å²) in [5, 5.41) is 11.8. The van der Waals surface area contributed by atoms with Crippen LogP contribution in [0.3, 0.4) is 0 Å². The van der Waals surface area contributed by atoms with Crippen molar-refractivity contribution in [2.45, 2.75) is 53.4 Å². The van der Waals surface area contributed by atoms with E-state index in [0.717, 1.165) is 19.4 Å². The van der Waals surface area contributed by atoms with E-state index in [9.17, 15) is 9.59 Å².